The summed E-state index contributed by atoms with van der Waals surface area (Å²) in [5.74, 6) is 0.546. The average molecular weight is 596 g/mol. The molecule has 2 atom stereocenters. The van der Waals surface area contributed by atoms with E-state index in [1.807, 2.05) is 12.1 Å². The lowest BCUT2D eigenvalue weighted by Gasteiger charge is -2.44. The van der Waals surface area contributed by atoms with Gasteiger partial charge in [-0.05, 0) is 72.4 Å². The number of halogens is 6. The van der Waals surface area contributed by atoms with Gasteiger partial charge in [-0.25, -0.2) is 0 Å². The van der Waals surface area contributed by atoms with E-state index in [0.717, 1.165) is 11.3 Å². The Hall–Kier alpha value is -3.24. The van der Waals surface area contributed by atoms with Crippen LogP contribution in [0.15, 0.2) is 60.7 Å². The number of methoxy groups -OCH3 is 1. The lowest BCUT2D eigenvalue weighted by molar-refractivity contribution is -0.159. The van der Waals surface area contributed by atoms with Gasteiger partial charge in [0.2, 0.25) is 0 Å². The van der Waals surface area contributed by atoms with Gasteiger partial charge in [0.05, 0.1) is 17.7 Å². The fourth-order valence-electron chi connectivity index (χ4n) is 5.00. The van der Waals surface area contributed by atoms with Crippen molar-refractivity contribution in [1.29, 1.82) is 0 Å². The SMILES string of the molecule is COC1c2cc(NCc3ccc(C(C)(C)C)cc3)ccc2OC(C)(C)C1OCc1cc(C(F)(F)F)cc(C(F)(F)F)c1. The molecule has 228 valence electrons. The van der Waals surface area contributed by atoms with Crippen molar-refractivity contribution in [2.75, 3.05) is 12.4 Å². The number of alkyl halides is 6. The maximum atomic E-state index is 13.4. The van der Waals surface area contributed by atoms with E-state index < -0.39 is 47.9 Å². The second-order valence-electron chi connectivity index (χ2n) is 12.1. The van der Waals surface area contributed by atoms with Crippen LogP contribution >= 0.6 is 0 Å². The molecule has 4 rings (SSSR count). The monoisotopic (exact) mass is 595 g/mol. The number of ether oxygens (including phenoxy) is 3. The second-order valence-corrected chi connectivity index (χ2v) is 12.1. The predicted molar refractivity (Wildman–Crippen MR) is 148 cm³/mol. The number of hydrogen-bond acceptors (Lipinski definition) is 4. The van der Waals surface area contributed by atoms with Crippen molar-refractivity contribution in [1.82, 2.24) is 0 Å². The topological polar surface area (TPSA) is 39.7 Å². The first-order valence-corrected chi connectivity index (χ1v) is 13.5. The third-order valence-corrected chi connectivity index (χ3v) is 7.30. The highest BCUT2D eigenvalue weighted by atomic mass is 19.4. The Morgan fingerprint density at radius 2 is 1.38 bits per heavy atom. The molecule has 42 heavy (non-hydrogen) atoms. The highest BCUT2D eigenvalue weighted by molar-refractivity contribution is 5.54. The smallest absolute Gasteiger partial charge is 0.416 e. The van der Waals surface area contributed by atoms with Gasteiger partial charge in [0.1, 0.15) is 23.6 Å². The van der Waals surface area contributed by atoms with E-state index in [9.17, 15) is 26.3 Å². The van der Waals surface area contributed by atoms with Crippen LogP contribution in [-0.4, -0.2) is 18.8 Å². The van der Waals surface area contributed by atoms with Crippen LogP contribution in [0.1, 0.15) is 74.1 Å². The quantitative estimate of drug-likeness (QED) is 0.277. The highest BCUT2D eigenvalue weighted by Gasteiger charge is 2.45. The van der Waals surface area contributed by atoms with Crippen LogP contribution in [0.25, 0.3) is 0 Å². The summed E-state index contributed by atoms with van der Waals surface area (Å²) in [4.78, 5) is 0. The Morgan fingerprint density at radius 3 is 1.90 bits per heavy atom. The zero-order valence-electron chi connectivity index (χ0n) is 24.3. The minimum atomic E-state index is -4.95. The average Bonchev–Trinajstić information content (AvgIpc) is 2.88. The summed E-state index contributed by atoms with van der Waals surface area (Å²) in [5, 5.41) is 3.38. The molecular weight excluding hydrogens is 560 g/mol. The normalized spacial score (nSPS) is 18.8. The van der Waals surface area contributed by atoms with Crippen LogP contribution < -0.4 is 10.1 Å². The van der Waals surface area contributed by atoms with Gasteiger partial charge in [0, 0.05) is 24.9 Å². The van der Waals surface area contributed by atoms with Crippen LogP contribution in [0.4, 0.5) is 32.0 Å². The van der Waals surface area contributed by atoms with E-state index >= 15 is 0 Å². The van der Waals surface area contributed by atoms with Crippen LogP contribution in [0.3, 0.4) is 0 Å². The molecule has 0 aliphatic carbocycles. The van der Waals surface area contributed by atoms with Crippen molar-refractivity contribution in [2.24, 2.45) is 0 Å². The molecule has 0 saturated carbocycles. The van der Waals surface area contributed by atoms with Crippen molar-refractivity contribution < 1.29 is 40.6 Å². The molecule has 2 unspecified atom stereocenters. The number of hydrogen-bond donors (Lipinski definition) is 1. The minimum absolute atomic E-state index is 0.0494. The summed E-state index contributed by atoms with van der Waals surface area (Å²) in [6.45, 7) is 9.96. The van der Waals surface area contributed by atoms with E-state index in [4.69, 9.17) is 14.2 Å². The summed E-state index contributed by atoms with van der Waals surface area (Å²) >= 11 is 0. The van der Waals surface area contributed by atoms with E-state index in [-0.39, 0.29) is 17.0 Å². The molecule has 1 N–H and O–H groups in total. The van der Waals surface area contributed by atoms with Crippen molar-refractivity contribution in [2.45, 2.75) is 83.3 Å². The molecule has 1 heterocycles. The molecule has 4 nitrogen and oxygen atoms in total. The van der Waals surface area contributed by atoms with Gasteiger partial charge in [0.15, 0.2) is 0 Å². The molecule has 0 fully saturated rings. The van der Waals surface area contributed by atoms with Gasteiger partial charge < -0.3 is 19.5 Å². The Labute approximate surface area is 242 Å². The van der Waals surface area contributed by atoms with E-state index in [1.54, 1.807) is 19.9 Å². The molecule has 0 spiro atoms. The first-order chi connectivity index (χ1) is 19.4. The number of rotatable bonds is 7. The van der Waals surface area contributed by atoms with Gasteiger partial charge in [-0.3, -0.25) is 0 Å². The van der Waals surface area contributed by atoms with E-state index in [1.165, 1.54) is 12.7 Å². The molecule has 0 amide bonds. The summed E-state index contributed by atoms with van der Waals surface area (Å²) in [6.07, 6.45) is -11.5. The first-order valence-electron chi connectivity index (χ1n) is 13.5. The van der Waals surface area contributed by atoms with Gasteiger partial charge in [-0.1, -0.05) is 45.0 Å². The third-order valence-electron chi connectivity index (χ3n) is 7.30. The maximum absolute atomic E-state index is 13.4. The Morgan fingerprint density at radius 1 is 0.786 bits per heavy atom. The van der Waals surface area contributed by atoms with E-state index in [2.05, 4.69) is 50.4 Å². The Balaban J connectivity index is 1.55. The van der Waals surface area contributed by atoms with Crippen LogP contribution in [0.2, 0.25) is 0 Å². The zero-order chi connectivity index (χ0) is 31.1. The summed E-state index contributed by atoms with van der Waals surface area (Å²) in [5.41, 5.74) is -0.267. The van der Waals surface area contributed by atoms with Crippen LogP contribution in [0.5, 0.6) is 5.75 Å². The molecule has 0 saturated heterocycles. The Kier molecular flexibility index (Phi) is 8.64. The fraction of sp³-hybridized carbons (Fsp3) is 0.438. The molecule has 3 aromatic rings. The number of nitrogens with one attached hydrogen (secondary N) is 1. The van der Waals surface area contributed by atoms with Crippen molar-refractivity contribution in [3.8, 4) is 5.75 Å². The summed E-state index contributed by atoms with van der Waals surface area (Å²) in [6, 6.07) is 15.3. The molecule has 1 aliphatic rings. The summed E-state index contributed by atoms with van der Waals surface area (Å²) in [7, 11) is 1.47. The summed E-state index contributed by atoms with van der Waals surface area (Å²) < 4.78 is 98.1. The van der Waals surface area contributed by atoms with Crippen molar-refractivity contribution >= 4 is 5.69 Å². The highest BCUT2D eigenvalue weighted by Crippen LogP contribution is 2.45. The van der Waals surface area contributed by atoms with Crippen molar-refractivity contribution in [3.63, 3.8) is 0 Å². The predicted octanol–water partition coefficient (Wildman–Crippen LogP) is 9.08. The van der Waals surface area contributed by atoms with Gasteiger partial charge in [-0.2, -0.15) is 26.3 Å². The Bertz CT molecular complexity index is 1360. The molecule has 10 heteroatoms. The molecule has 3 aromatic carbocycles. The number of anilines is 1. The minimum Gasteiger partial charge on any atom is -0.485 e. The first kappa shape index (κ1) is 31.7. The van der Waals surface area contributed by atoms with Crippen LogP contribution in [0, 0.1) is 0 Å². The largest absolute Gasteiger partial charge is 0.485 e. The molecular formula is C32H35F6NO3. The van der Waals surface area contributed by atoms with Gasteiger partial charge in [0.25, 0.3) is 0 Å². The zero-order valence-corrected chi connectivity index (χ0v) is 24.3. The van der Waals surface area contributed by atoms with E-state index in [0.29, 0.717) is 30.0 Å². The maximum Gasteiger partial charge on any atom is 0.416 e. The van der Waals surface area contributed by atoms with Crippen molar-refractivity contribution in [3.05, 3.63) is 94.0 Å². The molecule has 0 aromatic heterocycles. The molecule has 1 aliphatic heterocycles. The van der Waals surface area contributed by atoms with Gasteiger partial charge >= 0.3 is 12.4 Å². The third kappa shape index (κ3) is 7.21. The standard InChI is InChI=1S/C32H35F6NO3/c1-29(2,3)21-9-7-19(8-10-21)17-39-24-11-12-26-25(16-24)27(40-6)28(30(4,5)42-26)41-18-20-13-22(31(33,34)35)15-23(14-20)32(36,37)38/h7-16,27-28,39H,17-18H2,1-6H3. The van der Waals surface area contributed by atoms with Gasteiger partial charge in [-0.15, -0.1) is 0 Å². The lowest BCUT2D eigenvalue weighted by Crippen LogP contribution is -2.50. The van der Waals surface area contributed by atoms with Crippen LogP contribution in [-0.2, 0) is 40.4 Å². The number of fused-ring (bicyclic) bond motifs is 1. The fourth-order valence-corrected chi connectivity index (χ4v) is 5.00. The molecule has 0 bridgehead atoms. The lowest BCUT2D eigenvalue weighted by atomic mass is 9.87. The molecule has 0 radical (unpaired) electrons. The number of benzene rings is 3. The second kappa shape index (κ2) is 11.4.